The number of hydrogen-bond acceptors (Lipinski definition) is 5. The van der Waals surface area contributed by atoms with Crippen LogP contribution >= 0.6 is 0 Å². The van der Waals surface area contributed by atoms with Crippen LogP contribution in [0.25, 0.3) is 10.9 Å². The van der Waals surface area contributed by atoms with Crippen LogP contribution in [-0.4, -0.2) is 20.6 Å². The standard InChI is InChI=1S/C22H18FN5O2/c1-13-2-4-17(23)18(8-13)27-22(29)28-7-6-14-9-15(3-5-20(14)28)30-21-16-10-24-11-19(16)25-12-26-21/h2-9,12,24H,10-11H2,1H3,(H,27,29). The Bertz CT molecular complexity index is 1280. The summed E-state index contributed by atoms with van der Waals surface area (Å²) >= 11 is 0. The number of ether oxygens (including phenoxy) is 1. The van der Waals surface area contributed by atoms with Gasteiger partial charge < -0.3 is 15.4 Å². The number of halogens is 1. The first-order chi connectivity index (χ1) is 14.6. The molecule has 0 saturated heterocycles. The Morgan fingerprint density at radius 3 is 2.97 bits per heavy atom. The minimum Gasteiger partial charge on any atom is -0.439 e. The van der Waals surface area contributed by atoms with E-state index in [9.17, 15) is 9.18 Å². The summed E-state index contributed by atoms with van der Waals surface area (Å²) in [4.78, 5) is 21.2. The van der Waals surface area contributed by atoms with Crippen molar-refractivity contribution < 1.29 is 13.9 Å². The van der Waals surface area contributed by atoms with Gasteiger partial charge in [-0.1, -0.05) is 6.07 Å². The molecule has 1 amide bonds. The van der Waals surface area contributed by atoms with E-state index in [4.69, 9.17) is 4.74 Å². The summed E-state index contributed by atoms with van der Waals surface area (Å²) in [5.41, 5.74) is 3.58. The number of carbonyl (C=O) groups excluding carboxylic acids is 1. The van der Waals surface area contributed by atoms with E-state index in [1.165, 1.54) is 17.0 Å². The second kappa shape index (κ2) is 7.23. The number of rotatable bonds is 3. The van der Waals surface area contributed by atoms with E-state index in [1.807, 2.05) is 13.0 Å². The zero-order chi connectivity index (χ0) is 20.7. The molecule has 7 nitrogen and oxygen atoms in total. The first-order valence-electron chi connectivity index (χ1n) is 9.48. The number of hydrogen-bond donors (Lipinski definition) is 2. The predicted molar refractivity (Wildman–Crippen MR) is 110 cm³/mol. The minimum atomic E-state index is -0.479. The average molecular weight is 403 g/mol. The maximum absolute atomic E-state index is 14.0. The van der Waals surface area contributed by atoms with E-state index < -0.39 is 11.8 Å². The maximum atomic E-state index is 14.0. The molecular weight excluding hydrogens is 385 g/mol. The van der Waals surface area contributed by atoms with Gasteiger partial charge in [-0.15, -0.1) is 0 Å². The van der Waals surface area contributed by atoms with Gasteiger partial charge in [-0.25, -0.2) is 19.2 Å². The lowest BCUT2D eigenvalue weighted by molar-refractivity contribution is 0.254. The molecular formula is C22H18FN5O2. The first-order valence-corrected chi connectivity index (χ1v) is 9.48. The second-order valence-corrected chi connectivity index (χ2v) is 7.13. The molecule has 1 aliphatic heterocycles. The molecule has 2 N–H and O–H groups in total. The molecule has 0 aliphatic carbocycles. The van der Waals surface area contributed by atoms with Gasteiger partial charge in [0.05, 0.1) is 22.5 Å². The van der Waals surface area contributed by atoms with Gasteiger partial charge in [-0.3, -0.25) is 4.57 Å². The summed E-state index contributed by atoms with van der Waals surface area (Å²) in [6.45, 7) is 3.21. The molecule has 150 valence electrons. The molecule has 0 bridgehead atoms. The molecule has 4 aromatic rings. The van der Waals surface area contributed by atoms with E-state index in [-0.39, 0.29) is 5.69 Å². The topological polar surface area (TPSA) is 81.1 Å². The fourth-order valence-corrected chi connectivity index (χ4v) is 3.54. The fraction of sp³-hybridized carbons (Fsp3) is 0.136. The van der Waals surface area contributed by atoms with Crippen LogP contribution < -0.4 is 15.4 Å². The van der Waals surface area contributed by atoms with Crippen molar-refractivity contribution in [2.45, 2.75) is 20.0 Å². The summed E-state index contributed by atoms with van der Waals surface area (Å²) in [5.74, 6) is 0.655. The predicted octanol–water partition coefficient (Wildman–Crippen LogP) is 4.35. The van der Waals surface area contributed by atoms with Gasteiger partial charge in [0.15, 0.2) is 0 Å². The number of nitrogens with zero attached hydrogens (tertiary/aromatic N) is 3. The second-order valence-electron chi connectivity index (χ2n) is 7.13. The van der Waals surface area contributed by atoms with Gasteiger partial charge in [-0.2, -0.15) is 0 Å². The third kappa shape index (κ3) is 3.27. The summed E-state index contributed by atoms with van der Waals surface area (Å²) in [7, 11) is 0. The van der Waals surface area contributed by atoms with Gasteiger partial charge >= 0.3 is 6.03 Å². The van der Waals surface area contributed by atoms with Crippen LogP contribution in [-0.2, 0) is 13.1 Å². The van der Waals surface area contributed by atoms with Gasteiger partial charge in [0.25, 0.3) is 0 Å². The summed E-state index contributed by atoms with van der Waals surface area (Å²) in [5, 5.41) is 6.67. The summed E-state index contributed by atoms with van der Waals surface area (Å²) < 4.78 is 21.4. The molecule has 1 aliphatic rings. The van der Waals surface area contributed by atoms with Crippen molar-refractivity contribution in [2.75, 3.05) is 5.32 Å². The van der Waals surface area contributed by atoms with Crippen molar-refractivity contribution >= 4 is 22.6 Å². The van der Waals surface area contributed by atoms with E-state index in [1.54, 1.807) is 36.5 Å². The Kier molecular flexibility index (Phi) is 4.40. The van der Waals surface area contributed by atoms with Crippen molar-refractivity contribution in [2.24, 2.45) is 0 Å². The molecule has 3 heterocycles. The number of nitrogens with one attached hydrogen (secondary N) is 2. The number of aryl methyl sites for hydroxylation is 1. The summed E-state index contributed by atoms with van der Waals surface area (Å²) in [6, 6.07) is 11.3. The Hall–Kier alpha value is -3.78. The Labute approximate surface area is 171 Å². The quantitative estimate of drug-likeness (QED) is 0.531. The maximum Gasteiger partial charge on any atom is 0.330 e. The van der Waals surface area contributed by atoms with Crippen molar-refractivity contribution in [3.8, 4) is 11.6 Å². The lowest BCUT2D eigenvalue weighted by Gasteiger charge is -2.10. The monoisotopic (exact) mass is 403 g/mol. The lowest BCUT2D eigenvalue weighted by Crippen LogP contribution is -2.19. The van der Waals surface area contributed by atoms with E-state index in [0.717, 1.165) is 22.2 Å². The van der Waals surface area contributed by atoms with Crippen molar-refractivity contribution in [1.82, 2.24) is 19.9 Å². The third-order valence-electron chi connectivity index (χ3n) is 5.05. The highest BCUT2D eigenvalue weighted by molar-refractivity contribution is 5.98. The Balaban J connectivity index is 1.41. The zero-order valence-corrected chi connectivity index (χ0v) is 16.1. The average Bonchev–Trinajstić information content (AvgIpc) is 3.38. The zero-order valence-electron chi connectivity index (χ0n) is 16.1. The molecule has 0 unspecified atom stereocenters. The van der Waals surface area contributed by atoms with Crippen LogP contribution in [0.5, 0.6) is 11.6 Å². The van der Waals surface area contributed by atoms with Crippen molar-refractivity contribution in [1.29, 1.82) is 0 Å². The van der Waals surface area contributed by atoms with E-state index >= 15 is 0 Å². The molecule has 0 radical (unpaired) electrons. The number of carbonyl (C=O) groups is 1. The molecule has 30 heavy (non-hydrogen) atoms. The number of amides is 1. The molecule has 0 saturated carbocycles. The molecule has 8 heteroatoms. The Morgan fingerprint density at radius 1 is 1.17 bits per heavy atom. The largest absolute Gasteiger partial charge is 0.439 e. The molecule has 2 aromatic heterocycles. The van der Waals surface area contributed by atoms with Crippen LogP contribution in [0.15, 0.2) is 55.0 Å². The lowest BCUT2D eigenvalue weighted by atomic mass is 10.2. The fourth-order valence-electron chi connectivity index (χ4n) is 3.54. The van der Waals surface area contributed by atoms with Gasteiger partial charge in [-0.05, 0) is 48.9 Å². The highest BCUT2D eigenvalue weighted by atomic mass is 19.1. The molecule has 0 fully saturated rings. The highest BCUT2D eigenvalue weighted by Gasteiger charge is 2.18. The molecule has 2 aromatic carbocycles. The highest BCUT2D eigenvalue weighted by Crippen LogP contribution is 2.29. The summed E-state index contributed by atoms with van der Waals surface area (Å²) in [6.07, 6.45) is 3.13. The molecule has 0 spiro atoms. The Morgan fingerprint density at radius 2 is 2.07 bits per heavy atom. The first kappa shape index (κ1) is 18.3. The number of benzene rings is 2. The third-order valence-corrected chi connectivity index (χ3v) is 5.05. The molecule has 5 rings (SSSR count). The van der Waals surface area contributed by atoms with Crippen molar-refractivity contribution in [3.05, 3.63) is 77.6 Å². The van der Waals surface area contributed by atoms with Gasteiger partial charge in [0.2, 0.25) is 5.88 Å². The van der Waals surface area contributed by atoms with Crippen LogP contribution in [0.2, 0.25) is 0 Å². The van der Waals surface area contributed by atoms with Crippen LogP contribution in [0.3, 0.4) is 0 Å². The van der Waals surface area contributed by atoms with Crippen LogP contribution in [0.1, 0.15) is 16.8 Å². The van der Waals surface area contributed by atoms with Crippen LogP contribution in [0, 0.1) is 12.7 Å². The number of fused-ring (bicyclic) bond motifs is 2. The number of anilines is 1. The van der Waals surface area contributed by atoms with Gasteiger partial charge in [0, 0.05) is 24.7 Å². The van der Waals surface area contributed by atoms with Crippen molar-refractivity contribution in [3.63, 3.8) is 0 Å². The van der Waals surface area contributed by atoms with E-state index in [2.05, 4.69) is 20.6 Å². The SMILES string of the molecule is Cc1ccc(F)c(NC(=O)n2ccc3cc(Oc4ncnc5c4CNC5)ccc32)c1. The molecule has 0 atom stereocenters. The van der Waals surface area contributed by atoms with Crippen LogP contribution in [0.4, 0.5) is 14.9 Å². The van der Waals surface area contributed by atoms with Gasteiger partial charge in [0.1, 0.15) is 17.9 Å². The number of aromatic nitrogens is 3. The minimum absolute atomic E-state index is 0.146. The smallest absolute Gasteiger partial charge is 0.330 e. The normalized spacial score (nSPS) is 12.7. The van der Waals surface area contributed by atoms with E-state index in [0.29, 0.717) is 30.2 Å².